The van der Waals surface area contributed by atoms with Gasteiger partial charge in [-0.25, -0.2) is 13.1 Å². The summed E-state index contributed by atoms with van der Waals surface area (Å²) < 4.78 is 41.4. The summed E-state index contributed by atoms with van der Waals surface area (Å²) in [4.78, 5) is 30.0. The predicted molar refractivity (Wildman–Crippen MR) is 200 cm³/mol. The minimum atomic E-state index is -3.83. The molecule has 0 atom stereocenters. The number of nitrogens with zero attached hydrogens (tertiary/aromatic N) is 4. The number of nitrogens with one attached hydrogen (secondary N) is 1. The first-order chi connectivity index (χ1) is 24.9. The van der Waals surface area contributed by atoms with Crippen LogP contribution in [0.5, 0.6) is 5.75 Å². The molecule has 2 aromatic carbocycles. The normalized spacial score (nSPS) is 18.3. The summed E-state index contributed by atoms with van der Waals surface area (Å²) >= 11 is 0. The first-order valence-corrected chi connectivity index (χ1v) is 20.4. The number of likely N-dealkylation sites (tertiary alicyclic amines) is 1. The van der Waals surface area contributed by atoms with E-state index in [1.807, 2.05) is 43.0 Å². The number of carbonyl (C=O) groups excluding carboxylic acids is 2. The second-order valence-corrected chi connectivity index (χ2v) is 17.9. The van der Waals surface area contributed by atoms with Crippen LogP contribution in [-0.4, -0.2) is 65.3 Å². The molecule has 0 spiro atoms. The van der Waals surface area contributed by atoms with E-state index >= 15 is 0 Å². The van der Waals surface area contributed by atoms with Crippen molar-refractivity contribution in [1.82, 2.24) is 24.4 Å². The topological polar surface area (TPSA) is 137 Å². The first kappa shape index (κ1) is 36.2. The molecule has 2 aliphatic carbocycles. The number of aromatic nitrogens is 3. The van der Waals surface area contributed by atoms with E-state index < -0.39 is 26.6 Å². The number of ether oxygens (including phenoxy) is 1. The summed E-state index contributed by atoms with van der Waals surface area (Å²) in [7, 11) is -2.17. The van der Waals surface area contributed by atoms with Gasteiger partial charge >= 0.3 is 0 Å². The zero-order valence-electron chi connectivity index (χ0n) is 31.0. The van der Waals surface area contributed by atoms with E-state index in [1.165, 1.54) is 12.0 Å². The monoisotopic (exact) mass is 729 g/mol. The number of sulfonamides is 1. The molecule has 1 saturated heterocycles. The van der Waals surface area contributed by atoms with Crippen LogP contribution in [0.15, 0.2) is 46.9 Å². The first-order valence-electron chi connectivity index (χ1n) is 18.9. The van der Waals surface area contributed by atoms with Gasteiger partial charge in [0.1, 0.15) is 5.75 Å². The second kappa shape index (κ2) is 14.3. The molecule has 12 heteroatoms. The Morgan fingerprint density at radius 3 is 2.23 bits per heavy atom. The van der Waals surface area contributed by atoms with E-state index in [0.29, 0.717) is 37.3 Å². The molecular weight excluding hydrogens is 679 g/mol. The quantitative estimate of drug-likeness (QED) is 0.167. The van der Waals surface area contributed by atoms with Crippen LogP contribution >= 0.6 is 0 Å². The summed E-state index contributed by atoms with van der Waals surface area (Å²) in [5.74, 6) is 2.20. The largest absolute Gasteiger partial charge is 0.497 e. The molecule has 0 bridgehead atoms. The van der Waals surface area contributed by atoms with Gasteiger partial charge in [0.2, 0.25) is 27.7 Å². The Bertz CT molecular complexity index is 2050. The van der Waals surface area contributed by atoms with E-state index in [-0.39, 0.29) is 23.3 Å². The average Bonchev–Trinajstić information content (AvgIpc) is 3.63. The summed E-state index contributed by atoms with van der Waals surface area (Å²) in [6, 6.07) is 13.6. The van der Waals surface area contributed by atoms with Gasteiger partial charge < -0.3 is 18.6 Å². The van der Waals surface area contributed by atoms with Gasteiger partial charge in [-0.15, -0.1) is 10.2 Å². The van der Waals surface area contributed by atoms with Crippen LogP contribution in [-0.2, 0) is 21.4 Å². The molecule has 278 valence electrons. The number of hydrogen-bond acceptors (Lipinski definition) is 8. The minimum absolute atomic E-state index is 0.136. The van der Waals surface area contributed by atoms with E-state index in [0.717, 1.165) is 79.3 Å². The summed E-state index contributed by atoms with van der Waals surface area (Å²) in [6.07, 6.45) is 8.73. The number of piperidine rings is 1. The Morgan fingerprint density at radius 2 is 1.63 bits per heavy atom. The van der Waals surface area contributed by atoms with Gasteiger partial charge in [-0.1, -0.05) is 39.2 Å². The van der Waals surface area contributed by atoms with Crippen molar-refractivity contribution in [2.45, 2.75) is 115 Å². The number of amides is 2. The van der Waals surface area contributed by atoms with Crippen molar-refractivity contribution in [3.8, 4) is 17.0 Å². The van der Waals surface area contributed by atoms with Crippen molar-refractivity contribution in [3.05, 3.63) is 65.4 Å². The van der Waals surface area contributed by atoms with Crippen LogP contribution in [0.1, 0.15) is 131 Å². The van der Waals surface area contributed by atoms with Crippen molar-refractivity contribution in [2.24, 2.45) is 5.41 Å². The van der Waals surface area contributed by atoms with Gasteiger partial charge in [0, 0.05) is 47.9 Å². The fraction of sp³-hybridized carbons (Fsp3) is 0.550. The molecule has 0 unspecified atom stereocenters. The Balaban J connectivity index is 1.27. The predicted octanol–water partition coefficient (Wildman–Crippen LogP) is 7.53. The highest BCUT2D eigenvalue weighted by molar-refractivity contribution is 7.90. The number of fused-ring (bicyclic) bond motifs is 1. The molecular formula is C40H51N5O6S. The molecule has 52 heavy (non-hydrogen) atoms. The molecule has 3 heterocycles. The van der Waals surface area contributed by atoms with Gasteiger partial charge in [-0.2, -0.15) is 0 Å². The molecule has 1 N–H and O–H groups in total. The molecule has 7 rings (SSSR count). The van der Waals surface area contributed by atoms with Crippen LogP contribution < -0.4 is 9.46 Å². The van der Waals surface area contributed by atoms with Gasteiger partial charge in [0.25, 0.3) is 5.91 Å². The second-order valence-electron chi connectivity index (χ2n) is 15.6. The van der Waals surface area contributed by atoms with E-state index in [4.69, 9.17) is 9.15 Å². The van der Waals surface area contributed by atoms with Crippen LogP contribution in [0.2, 0.25) is 0 Å². The van der Waals surface area contributed by atoms with Crippen LogP contribution in [0.3, 0.4) is 0 Å². The van der Waals surface area contributed by atoms with Gasteiger partial charge in [-0.3, -0.25) is 9.59 Å². The highest BCUT2D eigenvalue weighted by Gasteiger charge is 2.53. The zero-order chi connectivity index (χ0) is 36.8. The maximum Gasteiger partial charge on any atom is 0.264 e. The van der Waals surface area contributed by atoms with Crippen molar-refractivity contribution >= 4 is 32.7 Å². The summed E-state index contributed by atoms with van der Waals surface area (Å²) in [5.41, 5.74) is 3.87. The lowest BCUT2D eigenvalue weighted by Gasteiger charge is -2.34. The molecule has 3 fully saturated rings. The number of carbonyl (C=O) groups is 2. The Kier molecular flexibility index (Phi) is 9.97. The SMILES string of the molecule is COc1ccc(-c2c(C3CCCCC3)c3ccc(C(=O)NS(=O)(=O)C(C)C)cc3n2CC2(C(=O)N3CCC(c4nnc(C(C)C)o4)CC3)CC2)cc1. The minimum Gasteiger partial charge on any atom is -0.497 e. The molecule has 1 aliphatic heterocycles. The summed E-state index contributed by atoms with van der Waals surface area (Å²) in [5, 5.41) is 8.84. The van der Waals surface area contributed by atoms with Crippen molar-refractivity contribution in [1.29, 1.82) is 0 Å². The van der Waals surface area contributed by atoms with Gasteiger partial charge in [-0.05, 0) is 106 Å². The van der Waals surface area contributed by atoms with E-state index in [9.17, 15) is 18.0 Å². The fourth-order valence-corrected chi connectivity index (χ4v) is 8.67. The number of benzene rings is 2. The molecule has 0 radical (unpaired) electrons. The highest BCUT2D eigenvalue weighted by atomic mass is 32.2. The molecule has 4 aromatic rings. The Morgan fingerprint density at radius 1 is 0.942 bits per heavy atom. The van der Waals surface area contributed by atoms with Crippen LogP contribution in [0, 0.1) is 5.41 Å². The fourth-order valence-electron chi connectivity index (χ4n) is 8.06. The van der Waals surface area contributed by atoms with Gasteiger partial charge in [0.15, 0.2) is 0 Å². The third-order valence-corrected chi connectivity index (χ3v) is 13.2. The average molecular weight is 730 g/mol. The number of hydrogen-bond donors (Lipinski definition) is 1. The smallest absolute Gasteiger partial charge is 0.264 e. The molecule has 3 aliphatic rings. The lowest BCUT2D eigenvalue weighted by Crippen LogP contribution is -2.43. The van der Waals surface area contributed by atoms with Crippen molar-refractivity contribution < 1.29 is 27.2 Å². The third-order valence-electron chi connectivity index (χ3n) is 11.4. The maximum atomic E-state index is 14.5. The van der Waals surface area contributed by atoms with E-state index in [2.05, 4.69) is 31.6 Å². The number of methoxy groups -OCH3 is 1. The Hall–Kier alpha value is -4.19. The third kappa shape index (κ3) is 6.98. The molecule has 11 nitrogen and oxygen atoms in total. The lowest BCUT2D eigenvalue weighted by molar-refractivity contribution is -0.138. The van der Waals surface area contributed by atoms with Crippen LogP contribution in [0.25, 0.3) is 22.2 Å². The van der Waals surface area contributed by atoms with Crippen molar-refractivity contribution in [3.63, 3.8) is 0 Å². The molecule has 2 aromatic heterocycles. The van der Waals surface area contributed by atoms with E-state index in [1.54, 1.807) is 27.0 Å². The molecule has 2 saturated carbocycles. The standard InChI is InChI=1S/C40H51N5O6S/c1-25(2)37-41-42-38(51-37)29-17-21-44(22-18-29)39(47)40(19-20-40)24-45-33-23-30(36(46)43-52(48,49)26(3)4)13-16-32(33)34(27-9-7-6-8-10-27)35(45)28-11-14-31(50-5)15-12-28/h11-16,23,25-27,29H,6-10,17-22,24H2,1-5H3,(H,43,46). The van der Waals surface area contributed by atoms with Gasteiger partial charge in [0.05, 0.1) is 23.5 Å². The zero-order valence-corrected chi connectivity index (χ0v) is 31.8. The maximum absolute atomic E-state index is 14.5. The number of rotatable bonds is 11. The lowest BCUT2D eigenvalue weighted by atomic mass is 9.81. The highest BCUT2D eigenvalue weighted by Crippen LogP contribution is 2.52. The molecule has 2 amide bonds. The van der Waals surface area contributed by atoms with Crippen LogP contribution in [0.4, 0.5) is 0 Å². The summed E-state index contributed by atoms with van der Waals surface area (Å²) in [6.45, 7) is 8.88. The Labute approximate surface area is 306 Å². The van der Waals surface area contributed by atoms with Crippen molar-refractivity contribution in [2.75, 3.05) is 20.2 Å².